The van der Waals surface area contributed by atoms with Gasteiger partial charge in [0, 0.05) is 18.7 Å². The Kier molecular flexibility index (Phi) is 5.26. The van der Waals surface area contributed by atoms with Crippen molar-refractivity contribution in [2.24, 2.45) is 5.92 Å². The third-order valence-corrected chi connectivity index (χ3v) is 4.79. The first kappa shape index (κ1) is 18.0. The van der Waals surface area contributed by atoms with Gasteiger partial charge in [-0.3, -0.25) is 9.59 Å². The molecule has 0 aliphatic carbocycles. The number of benzene rings is 2. The second kappa shape index (κ2) is 7.60. The van der Waals surface area contributed by atoms with Crippen molar-refractivity contribution >= 4 is 17.5 Å². The van der Waals surface area contributed by atoms with Crippen LogP contribution in [0.5, 0.6) is 5.75 Å². The molecule has 1 aliphatic rings. The normalized spacial score (nSPS) is 17.0. The Morgan fingerprint density at radius 3 is 2.50 bits per heavy atom. The largest absolute Gasteiger partial charge is 0.506 e. The van der Waals surface area contributed by atoms with Gasteiger partial charge in [-0.25, -0.2) is 0 Å². The summed E-state index contributed by atoms with van der Waals surface area (Å²) < 4.78 is 0. The van der Waals surface area contributed by atoms with Crippen LogP contribution in [0.4, 0.5) is 5.69 Å². The highest BCUT2D eigenvalue weighted by Crippen LogP contribution is 2.26. The SMILES string of the molecule is Cc1ccc(C(=O)N2CCCC(C(=O)Nc3cc(C)ccc3O)C2)cc1. The fourth-order valence-corrected chi connectivity index (χ4v) is 3.24. The van der Waals surface area contributed by atoms with E-state index in [0.29, 0.717) is 24.3 Å². The summed E-state index contributed by atoms with van der Waals surface area (Å²) in [5.41, 5.74) is 3.12. The summed E-state index contributed by atoms with van der Waals surface area (Å²) in [5, 5.41) is 12.7. The molecule has 1 unspecified atom stereocenters. The van der Waals surface area contributed by atoms with Crippen LogP contribution in [0.25, 0.3) is 0 Å². The highest BCUT2D eigenvalue weighted by atomic mass is 16.3. The van der Waals surface area contributed by atoms with Crippen LogP contribution in [0.1, 0.15) is 34.3 Å². The molecule has 0 saturated carbocycles. The molecular formula is C21H24N2O3. The lowest BCUT2D eigenvalue weighted by Gasteiger charge is -2.32. The maximum Gasteiger partial charge on any atom is 0.253 e. The second-order valence-corrected chi connectivity index (χ2v) is 6.97. The molecule has 5 nitrogen and oxygen atoms in total. The van der Waals surface area contributed by atoms with Crippen LogP contribution in [-0.4, -0.2) is 34.9 Å². The maximum atomic E-state index is 12.7. The number of rotatable bonds is 3. The average Bonchev–Trinajstić information content (AvgIpc) is 2.65. The minimum atomic E-state index is -0.280. The van der Waals surface area contributed by atoms with E-state index in [1.54, 1.807) is 23.1 Å². The predicted octanol–water partition coefficient (Wildman–Crippen LogP) is 3.50. The van der Waals surface area contributed by atoms with Gasteiger partial charge in [0.15, 0.2) is 0 Å². The van der Waals surface area contributed by atoms with Gasteiger partial charge in [0.1, 0.15) is 5.75 Å². The van der Waals surface area contributed by atoms with Crippen LogP contribution in [0.15, 0.2) is 42.5 Å². The van der Waals surface area contributed by atoms with Crippen LogP contribution in [-0.2, 0) is 4.79 Å². The molecule has 0 spiro atoms. The highest BCUT2D eigenvalue weighted by molar-refractivity contribution is 5.97. The van der Waals surface area contributed by atoms with E-state index in [2.05, 4.69) is 5.32 Å². The Hall–Kier alpha value is -2.82. The first-order valence-electron chi connectivity index (χ1n) is 8.90. The minimum Gasteiger partial charge on any atom is -0.506 e. The van der Waals surface area contributed by atoms with E-state index in [9.17, 15) is 14.7 Å². The summed E-state index contributed by atoms with van der Waals surface area (Å²) in [6.45, 7) is 4.94. The summed E-state index contributed by atoms with van der Waals surface area (Å²) in [7, 11) is 0. The van der Waals surface area contributed by atoms with Gasteiger partial charge in [0.05, 0.1) is 11.6 Å². The van der Waals surface area contributed by atoms with Crippen LogP contribution in [0.2, 0.25) is 0 Å². The Morgan fingerprint density at radius 1 is 1.08 bits per heavy atom. The van der Waals surface area contributed by atoms with Crippen LogP contribution in [0.3, 0.4) is 0 Å². The number of phenols is 1. The Balaban J connectivity index is 1.67. The molecule has 136 valence electrons. The van der Waals surface area contributed by atoms with Crippen molar-refractivity contribution in [2.45, 2.75) is 26.7 Å². The number of carbonyl (C=O) groups excluding carboxylic acids is 2. The number of hydrogen-bond donors (Lipinski definition) is 2. The molecule has 5 heteroatoms. The fourth-order valence-electron chi connectivity index (χ4n) is 3.24. The topological polar surface area (TPSA) is 69.6 Å². The van der Waals surface area contributed by atoms with Gasteiger partial charge in [-0.1, -0.05) is 23.8 Å². The summed E-state index contributed by atoms with van der Waals surface area (Å²) in [6.07, 6.45) is 1.52. The van der Waals surface area contributed by atoms with E-state index in [0.717, 1.165) is 24.0 Å². The van der Waals surface area contributed by atoms with E-state index < -0.39 is 0 Å². The summed E-state index contributed by atoms with van der Waals surface area (Å²) in [5.74, 6) is -0.432. The van der Waals surface area contributed by atoms with Crippen LogP contribution in [0, 0.1) is 19.8 Å². The third kappa shape index (κ3) is 4.04. The second-order valence-electron chi connectivity index (χ2n) is 6.97. The number of hydrogen-bond acceptors (Lipinski definition) is 3. The molecule has 0 aromatic heterocycles. The first-order chi connectivity index (χ1) is 12.4. The predicted molar refractivity (Wildman–Crippen MR) is 101 cm³/mol. The van der Waals surface area contributed by atoms with Gasteiger partial charge >= 0.3 is 0 Å². The maximum absolute atomic E-state index is 12.7. The van der Waals surface area contributed by atoms with Crippen molar-refractivity contribution < 1.29 is 14.7 Å². The van der Waals surface area contributed by atoms with Crippen LogP contribution < -0.4 is 5.32 Å². The lowest BCUT2D eigenvalue weighted by atomic mass is 9.96. The molecule has 3 rings (SSSR count). The van der Waals surface area contributed by atoms with Gasteiger partial charge in [-0.2, -0.15) is 0 Å². The van der Waals surface area contributed by atoms with E-state index in [1.807, 2.05) is 38.1 Å². The van der Waals surface area contributed by atoms with Crippen LogP contribution >= 0.6 is 0 Å². The molecule has 1 atom stereocenters. The average molecular weight is 352 g/mol. The van der Waals surface area contributed by atoms with E-state index in [-0.39, 0.29) is 23.5 Å². The monoisotopic (exact) mass is 352 g/mol. The van der Waals surface area contributed by atoms with E-state index in [4.69, 9.17) is 0 Å². The van der Waals surface area contributed by atoms with Gasteiger partial charge in [0.25, 0.3) is 5.91 Å². The Labute approximate surface area is 153 Å². The molecule has 0 radical (unpaired) electrons. The zero-order valence-electron chi connectivity index (χ0n) is 15.2. The highest BCUT2D eigenvalue weighted by Gasteiger charge is 2.29. The number of likely N-dealkylation sites (tertiary alicyclic amines) is 1. The van der Waals surface area contributed by atoms with E-state index in [1.165, 1.54) is 0 Å². The number of carbonyl (C=O) groups is 2. The number of piperidine rings is 1. The Morgan fingerprint density at radius 2 is 1.77 bits per heavy atom. The summed E-state index contributed by atoms with van der Waals surface area (Å²) in [4.78, 5) is 27.1. The van der Waals surface area contributed by atoms with Gasteiger partial charge in [-0.05, 0) is 56.5 Å². The van der Waals surface area contributed by atoms with Gasteiger partial charge in [-0.15, -0.1) is 0 Å². The van der Waals surface area contributed by atoms with Gasteiger partial charge in [0.2, 0.25) is 5.91 Å². The number of nitrogens with zero attached hydrogens (tertiary/aromatic N) is 1. The number of amides is 2. The van der Waals surface area contributed by atoms with Crippen molar-refractivity contribution in [1.82, 2.24) is 4.90 Å². The molecule has 2 N–H and O–H groups in total. The number of aryl methyl sites for hydroxylation is 2. The molecular weight excluding hydrogens is 328 g/mol. The zero-order valence-corrected chi connectivity index (χ0v) is 15.2. The minimum absolute atomic E-state index is 0.0408. The van der Waals surface area contributed by atoms with Crippen molar-refractivity contribution in [1.29, 1.82) is 0 Å². The molecule has 1 heterocycles. The first-order valence-corrected chi connectivity index (χ1v) is 8.90. The quantitative estimate of drug-likeness (QED) is 0.831. The standard InChI is InChI=1S/C21H24N2O3/c1-14-5-8-16(9-6-14)21(26)23-11-3-4-17(13-23)20(25)22-18-12-15(2)7-10-19(18)24/h5-10,12,17,24H,3-4,11,13H2,1-2H3,(H,22,25). The number of aromatic hydroxyl groups is 1. The van der Waals surface area contributed by atoms with Crippen molar-refractivity contribution in [2.75, 3.05) is 18.4 Å². The van der Waals surface area contributed by atoms with Crippen molar-refractivity contribution in [3.63, 3.8) is 0 Å². The molecule has 26 heavy (non-hydrogen) atoms. The zero-order chi connectivity index (χ0) is 18.7. The van der Waals surface area contributed by atoms with Crippen molar-refractivity contribution in [3.8, 4) is 5.75 Å². The number of anilines is 1. The summed E-state index contributed by atoms with van der Waals surface area (Å²) >= 11 is 0. The number of phenolic OH excluding ortho intramolecular Hbond substituents is 1. The summed E-state index contributed by atoms with van der Waals surface area (Å²) in [6, 6.07) is 12.6. The van der Waals surface area contributed by atoms with Crippen molar-refractivity contribution in [3.05, 3.63) is 59.2 Å². The smallest absolute Gasteiger partial charge is 0.253 e. The molecule has 1 fully saturated rings. The lowest BCUT2D eigenvalue weighted by molar-refractivity contribution is -0.121. The molecule has 2 aromatic rings. The van der Waals surface area contributed by atoms with Gasteiger partial charge < -0.3 is 15.3 Å². The fraction of sp³-hybridized carbons (Fsp3) is 0.333. The number of nitrogens with one attached hydrogen (secondary N) is 1. The lowest BCUT2D eigenvalue weighted by Crippen LogP contribution is -2.43. The Bertz CT molecular complexity index is 815. The molecule has 1 saturated heterocycles. The molecule has 2 aromatic carbocycles. The molecule has 2 amide bonds. The molecule has 1 aliphatic heterocycles. The third-order valence-electron chi connectivity index (χ3n) is 4.79. The molecule has 0 bridgehead atoms. The van der Waals surface area contributed by atoms with E-state index >= 15 is 0 Å².